The van der Waals surface area contributed by atoms with Crippen molar-refractivity contribution in [3.63, 3.8) is 0 Å². The van der Waals surface area contributed by atoms with E-state index in [4.69, 9.17) is 11.5 Å². The molecule has 1 aliphatic rings. The lowest BCUT2D eigenvalue weighted by Gasteiger charge is -2.20. The Morgan fingerprint density at radius 2 is 2.10 bits per heavy atom. The normalized spacial score (nSPS) is 22.5. The second-order valence-corrected chi connectivity index (χ2v) is 5.96. The van der Waals surface area contributed by atoms with Crippen LogP contribution in [0.5, 0.6) is 0 Å². The lowest BCUT2D eigenvalue weighted by atomic mass is 9.89. The van der Waals surface area contributed by atoms with Crippen molar-refractivity contribution >= 4 is 17.5 Å². The number of aromatic nitrogens is 2. The predicted octanol–water partition coefficient (Wildman–Crippen LogP) is 0.453. The Hall–Kier alpha value is -2.05. The van der Waals surface area contributed by atoms with Crippen molar-refractivity contribution in [1.82, 2.24) is 15.1 Å². The Kier molecular flexibility index (Phi) is 3.45. The molecule has 0 aromatic carbocycles. The first-order valence-electron chi connectivity index (χ1n) is 6.69. The number of rotatable bonds is 3. The van der Waals surface area contributed by atoms with Crippen molar-refractivity contribution in [3.05, 3.63) is 11.4 Å². The molecule has 0 spiro atoms. The molecular weight excluding hydrogens is 258 g/mol. The molecule has 1 aromatic rings. The summed E-state index contributed by atoms with van der Waals surface area (Å²) in [5.41, 5.74) is 12.1. The molecule has 1 unspecified atom stereocenters. The molecular formula is C13H21N5O2. The van der Waals surface area contributed by atoms with E-state index in [0.29, 0.717) is 25.2 Å². The smallest absolute Gasteiger partial charge is 0.276 e. The molecule has 1 saturated heterocycles. The van der Waals surface area contributed by atoms with Gasteiger partial charge in [0.2, 0.25) is 5.91 Å². The molecule has 0 bridgehead atoms. The Bertz CT molecular complexity index is 551. The summed E-state index contributed by atoms with van der Waals surface area (Å²) in [6.07, 6.45) is 0.565. The van der Waals surface area contributed by atoms with Gasteiger partial charge in [-0.3, -0.25) is 14.7 Å². The maximum absolute atomic E-state index is 12.4. The first-order chi connectivity index (χ1) is 9.26. The molecule has 2 rings (SSSR count). The Labute approximate surface area is 117 Å². The van der Waals surface area contributed by atoms with E-state index in [2.05, 4.69) is 10.2 Å². The number of anilines is 1. The topological polar surface area (TPSA) is 118 Å². The van der Waals surface area contributed by atoms with Crippen LogP contribution in [0.15, 0.2) is 0 Å². The van der Waals surface area contributed by atoms with Gasteiger partial charge in [-0.25, -0.2) is 0 Å². The highest BCUT2D eigenvalue weighted by molar-refractivity contribution is 5.98. The van der Waals surface area contributed by atoms with Crippen molar-refractivity contribution in [1.29, 1.82) is 0 Å². The fourth-order valence-corrected chi connectivity index (χ4v) is 2.45. The molecule has 20 heavy (non-hydrogen) atoms. The quantitative estimate of drug-likeness (QED) is 0.744. The summed E-state index contributed by atoms with van der Waals surface area (Å²) in [5, 5.41) is 6.82. The van der Waals surface area contributed by atoms with Crippen LogP contribution >= 0.6 is 0 Å². The van der Waals surface area contributed by atoms with Gasteiger partial charge < -0.3 is 16.4 Å². The van der Waals surface area contributed by atoms with Gasteiger partial charge in [0.25, 0.3) is 5.91 Å². The van der Waals surface area contributed by atoms with Crippen LogP contribution in [0, 0.1) is 5.41 Å². The van der Waals surface area contributed by atoms with E-state index in [1.807, 2.05) is 13.8 Å². The third-order valence-corrected chi connectivity index (χ3v) is 3.97. The summed E-state index contributed by atoms with van der Waals surface area (Å²) >= 11 is 0. The number of primary amides is 1. The van der Waals surface area contributed by atoms with Crippen molar-refractivity contribution in [2.45, 2.75) is 33.1 Å². The average molecular weight is 279 g/mol. The minimum Gasteiger partial charge on any atom is -0.395 e. The number of hydrogen-bond acceptors (Lipinski definition) is 4. The van der Waals surface area contributed by atoms with Gasteiger partial charge in [0, 0.05) is 13.1 Å². The SMILES string of the molecule is CC(C)c1[nH]nc(C(=O)N2CCC(C)(C(N)=O)C2)c1N. The van der Waals surface area contributed by atoms with Crippen molar-refractivity contribution in [2.75, 3.05) is 18.8 Å². The molecule has 7 nitrogen and oxygen atoms in total. The summed E-state index contributed by atoms with van der Waals surface area (Å²) in [6, 6.07) is 0. The number of nitrogen functional groups attached to an aromatic ring is 1. The lowest BCUT2D eigenvalue weighted by molar-refractivity contribution is -0.126. The van der Waals surface area contributed by atoms with Crippen molar-refractivity contribution in [3.8, 4) is 0 Å². The van der Waals surface area contributed by atoms with E-state index in [-0.39, 0.29) is 23.4 Å². The number of carbonyl (C=O) groups excluding carboxylic acids is 2. The Morgan fingerprint density at radius 3 is 2.55 bits per heavy atom. The second-order valence-electron chi connectivity index (χ2n) is 5.96. The zero-order chi connectivity index (χ0) is 15.1. The van der Waals surface area contributed by atoms with E-state index in [1.54, 1.807) is 11.8 Å². The highest BCUT2D eigenvalue weighted by Crippen LogP contribution is 2.31. The van der Waals surface area contributed by atoms with Gasteiger partial charge in [-0.2, -0.15) is 5.10 Å². The molecule has 2 amide bonds. The van der Waals surface area contributed by atoms with Gasteiger partial charge in [0.15, 0.2) is 5.69 Å². The van der Waals surface area contributed by atoms with Gasteiger partial charge in [0.1, 0.15) is 0 Å². The molecule has 7 heteroatoms. The summed E-state index contributed by atoms with van der Waals surface area (Å²) in [7, 11) is 0. The summed E-state index contributed by atoms with van der Waals surface area (Å²) in [5.74, 6) is -0.472. The molecule has 2 heterocycles. The molecule has 0 aliphatic carbocycles. The number of nitrogens with one attached hydrogen (secondary N) is 1. The number of likely N-dealkylation sites (tertiary alicyclic amines) is 1. The zero-order valence-corrected chi connectivity index (χ0v) is 12.1. The largest absolute Gasteiger partial charge is 0.395 e. The minimum atomic E-state index is -0.665. The van der Waals surface area contributed by atoms with E-state index >= 15 is 0 Å². The molecule has 1 aromatic heterocycles. The van der Waals surface area contributed by atoms with Gasteiger partial charge >= 0.3 is 0 Å². The van der Waals surface area contributed by atoms with Crippen LogP contribution in [-0.4, -0.2) is 40.0 Å². The van der Waals surface area contributed by atoms with Gasteiger partial charge in [0.05, 0.1) is 16.8 Å². The summed E-state index contributed by atoms with van der Waals surface area (Å²) in [6.45, 7) is 6.51. The minimum absolute atomic E-state index is 0.165. The maximum atomic E-state index is 12.4. The van der Waals surface area contributed by atoms with E-state index in [9.17, 15) is 9.59 Å². The lowest BCUT2D eigenvalue weighted by Crippen LogP contribution is -2.38. The first-order valence-corrected chi connectivity index (χ1v) is 6.69. The van der Waals surface area contributed by atoms with Crippen molar-refractivity contribution in [2.24, 2.45) is 11.1 Å². The Balaban J connectivity index is 2.20. The van der Waals surface area contributed by atoms with Gasteiger partial charge in [-0.05, 0) is 19.3 Å². The van der Waals surface area contributed by atoms with Crippen molar-refractivity contribution < 1.29 is 9.59 Å². The molecule has 1 aliphatic heterocycles. The van der Waals surface area contributed by atoms with E-state index in [0.717, 1.165) is 5.69 Å². The van der Waals surface area contributed by atoms with Crippen LogP contribution in [0.25, 0.3) is 0 Å². The number of hydrogen-bond donors (Lipinski definition) is 3. The van der Waals surface area contributed by atoms with Crippen LogP contribution in [-0.2, 0) is 4.79 Å². The van der Waals surface area contributed by atoms with Crippen LogP contribution in [0.2, 0.25) is 0 Å². The number of aromatic amines is 1. The highest BCUT2D eigenvalue weighted by atomic mass is 16.2. The summed E-state index contributed by atoms with van der Waals surface area (Å²) in [4.78, 5) is 25.4. The predicted molar refractivity (Wildman–Crippen MR) is 74.9 cm³/mol. The third-order valence-electron chi connectivity index (χ3n) is 3.97. The second kappa shape index (κ2) is 4.81. The Morgan fingerprint density at radius 1 is 1.45 bits per heavy atom. The number of nitrogens with two attached hydrogens (primary N) is 2. The van der Waals surface area contributed by atoms with Crippen LogP contribution in [0.1, 0.15) is 49.3 Å². The first kappa shape index (κ1) is 14.4. The third kappa shape index (κ3) is 2.23. The number of H-pyrrole nitrogens is 1. The van der Waals surface area contributed by atoms with E-state index in [1.165, 1.54) is 0 Å². The van der Waals surface area contributed by atoms with Gasteiger partial charge in [-0.15, -0.1) is 0 Å². The monoisotopic (exact) mass is 279 g/mol. The molecule has 1 atom stereocenters. The standard InChI is InChI=1S/C13H21N5O2/c1-7(2)9-8(14)10(17-16-9)11(19)18-5-4-13(3,6-18)12(15)20/h7H,4-6,14H2,1-3H3,(H2,15,20)(H,16,17). The van der Waals surface area contributed by atoms with Gasteiger partial charge in [-0.1, -0.05) is 13.8 Å². The molecule has 110 valence electrons. The van der Waals surface area contributed by atoms with Crippen LogP contribution < -0.4 is 11.5 Å². The number of nitrogens with zero attached hydrogens (tertiary/aromatic N) is 2. The van der Waals surface area contributed by atoms with E-state index < -0.39 is 5.41 Å². The molecule has 0 radical (unpaired) electrons. The molecule has 0 saturated carbocycles. The molecule has 5 N–H and O–H groups in total. The van der Waals surface area contributed by atoms with Crippen LogP contribution in [0.4, 0.5) is 5.69 Å². The van der Waals surface area contributed by atoms with Crippen LogP contribution in [0.3, 0.4) is 0 Å². The average Bonchev–Trinajstić information content (AvgIpc) is 2.93. The zero-order valence-electron chi connectivity index (χ0n) is 12.1. The maximum Gasteiger partial charge on any atom is 0.276 e. The molecule has 1 fully saturated rings. The number of amides is 2. The fraction of sp³-hybridized carbons (Fsp3) is 0.615. The number of carbonyl (C=O) groups is 2. The fourth-order valence-electron chi connectivity index (χ4n) is 2.45. The summed E-state index contributed by atoms with van der Waals surface area (Å²) < 4.78 is 0. The highest BCUT2D eigenvalue weighted by Gasteiger charge is 2.41.